The summed E-state index contributed by atoms with van der Waals surface area (Å²) in [7, 11) is 0. The Hall–Kier alpha value is -2.15. The summed E-state index contributed by atoms with van der Waals surface area (Å²) in [5.41, 5.74) is 1.73. The summed E-state index contributed by atoms with van der Waals surface area (Å²) >= 11 is 0. The molecular formula is C9H10N6O. The minimum atomic E-state index is -1.06. The number of hydrazine groups is 1. The molecule has 0 bridgehead atoms. The molecule has 1 heterocycles. The second-order valence-electron chi connectivity index (χ2n) is 3.31. The Bertz CT molecular complexity index is 429. The number of nitrogens with two attached hydrogens (primary N) is 1. The van der Waals surface area contributed by atoms with Gasteiger partial charge in [0.05, 0.1) is 6.42 Å². The van der Waals surface area contributed by atoms with Crippen molar-refractivity contribution in [1.29, 1.82) is 0 Å². The van der Waals surface area contributed by atoms with Gasteiger partial charge < -0.3 is 0 Å². The van der Waals surface area contributed by atoms with Crippen molar-refractivity contribution in [2.75, 3.05) is 0 Å². The molecule has 1 aromatic rings. The molecule has 1 aliphatic heterocycles. The lowest BCUT2D eigenvalue weighted by atomic mass is 9.97. The van der Waals surface area contributed by atoms with Gasteiger partial charge >= 0.3 is 0 Å². The van der Waals surface area contributed by atoms with E-state index in [4.69, 9.17) is 5.84 Å². The van der Waals surface area contributed by atoms with Crippen molar-refractivity contribution in [3.05, 3.63) is 35.9 Å². The van der Waals surface area contributed by atoms with Crippen molar-refractivity contribution in [2.45, 2.75) is 12.1 Å². The maximum Gasteiger partial charge on any atom is 0.238 e. The number of nitrogens with one attached hydrogen (secondary N) is 1. The predicted octanol–water partition coefficient (Wildman–Crippen LogP) is 1.05. The summed E-state index contributed by atoms with van der Waals surface area (Å²) in [6, 6.07) is 9.16. The van der Waals surface area contributed by atoms with E-state index in [2.05, 4.69) is 20.7 Å². The maximum atomic E-state index is 11.3. The molecule has 0 saturated heterocycles. The largest absolute Gasteiger partial charge is 0.294 e. The average molecular weight is 218 g/mol. The minimum Gasteiger partial charge on any atom is -0.294 e. The van der Waals surface area contributed by atoms with Gasteiger partial charge in [0, 0.05) is 5.56 Å². The topological polar surface area (TPSA) is 105 Å². The summed E-state index contributed by atoms with van der Waals surface area (Å²) in [6.45, 7) is 0. The molecule has 0 saturated carbocycles. The highest BCUT2D eigenvalue weighted by molar-refractivity contribution is 5.76. The number of amides is 1. The molecule has 16 heavy (non-hydrogen) atoms. The van der Waals surface area contributed by atoms with Crippen molar-refractivity contribution in [3.63, 3.8) is 0 Å². The molecule has 3 N–H and O–H groups in total. The quantitative estimate of drug-likeness (QED) is 0.449. The smallest absolute Gasteiger partial charge is 0.238 e. The Morgan fingerprint density at radius 2 is 1.88 bits per heavy atom. The van der Waals surface area contributed by atoms with E-state index in [-0.39, 0.29) is 12.3 Å². The highest BCUT2D eigenvalue weighted by atomic mass is 16.2. The second kappa shape index (κ2) is 4.15. The third kappa shape index (κ3) is 1.80. The van der Waals surface area contributed by atoms with Gasteiger partial charge in [-0.15, -0.1) is 10.2 Å². The van der Waals surface area contributed by atoms with Crippen LogP contribution in [-0.4, -0.2) is 5.91 Å². The van der Waals surface area contributed by atoms with Gasteiger partial charge in [0.25, 0.3) is 0 Å². The van der Waals surface area contributed by atoms with Crippen LogP contribution >= 0.6 is 0 Å². The van der Waals surface area contributed by atoms with Crippen molar-refractivity contribution < 1.29 is 4.79 Å². The van der Waals surface area contributed by atoms with E-state index in [1.165, 1.54) is 0 Å². The first kappa shape index (κ1) is 10.4. The van der Waals surface area contributed by atoms with Crippen molar-refractivity contribution >= 4 is 5.91 Å². The third-order valence-corrected chi connectivity index (χ3v) is 2.26. The Kier molecular flexibility index (Phi) is 2.69. The Morgan fingerprint density at radius 3 is 2.44 bits per heavy atom. The lowest BCUT2D eigenvalue weighted by Crippen LogP contribution is -2.35. The number of hydrogen-bond donors (Lipinski definition) is 2. The van der Waals surface area contributed by atoms with E-state index < -0.39 is 5.66 Å². The van der Waals surface area contributed by atoms with Crippen LogP contribution < -0.4 is 11.3 Å². The van der Waals surface area contributed by atoms with Crippen LogP contribution in [0.4, 0.5) is 0 Å². The molecule has 0 aliphatic carbocycles. The fourth-order valence-electron chi connectivity index (χ4n) is 1.48. The molecule has 1 amide bonds. The first-order chi connectivity index (χ1) is 7.77. The van der Waals surface area contributed by atoms with Crippen LogP contribution in [0, 0.1) is 0 Å². The number of hydrogen-bond acceptors (Lipinski definition) is 6. The Balaban J connectivity index is 2.34. The number of benzene rings is 1. The summed E-state index contributed by atoms with van der Waals surface area (Å²) < 4.78 is 0. The van der Waals surface area contributed by atoms with E-state index in [1.807, 2.05) is 35.8 Å². The van der Waals surface area contributed by atoms with Gasteiger partial charge in [-0.1, -0.05) is 30.3 Å². The van der Waals surface area contributed by atoms with E-state index in [0.29, 0.717) is 0 Å². The first-order valence-electron chi connectivity index (χ1n) is 4.66. The Morgan fingerprint density at radius 1 is 1.25 bits per heavy atom. The summed E-state index contributed by atoms with van der Waals surface area (Å²) in [5, 5.41) is 14.7. The molecule has 7 heteroatoms. The SMILES string of the molecule is NNC(=O)CC1(c2ccccc2)N=NN=N1. The zero-order chi connectivity index (χ0) is 11.4. The molecule has 0 atom stereocenters. The predicted molar refractivity (Wildman–Crippen MR) is 54.8 cm³/mol. The standard InChI is InChI=1S/C9H10N6O/c10-11-8(16)6-9(12-14-15-13-9)7-4-2-1-3-5-7/h1-5H,6,10H2,(H,11,16). The van der Waals surface area contributed by atoms with Crippen molar-refractivity contribution in [1.82, 2.24) is 5.43 Å². The van der Waals surface area contributed by atoms with Gasteiger partial charge in [-0.2, -0.15) is 0 Å². The highest BCUT2D eigenvalue weighted by Crippen LogP contribution is 2.35. The molecule has 0 aromatic heterocycles. The van der Waals surface area contributed by atoms with Crippen LogP contribution in [0.2, 0.25) is 0 Å². The number of carbonyl (C=O) groups is 1. The zero-order valence-electron chi connectivity index (χ0n) is 8.37. The van der Waals surface area contributed by atoms with Gasteiger partial charge in [-0.3, -0.25) is 10.2 Å². The van der Waals surface area contributed by atoms with E-state index >= 15 is 0 Å². The van der Waals surface area contributed by atoms with Crippen LogP contribution in [0.1, 0.15) is 12.0 Å². The summed E-state index contributed by atoms with van der Waals surface area (Å²) in [6.07, 6.45) is -0.0134. The third-order valence-electron chi connectivity index (χ3n) is 2.26. The molecule has 0 fully saturated rings. The van der Waals surface area contributed by atoms with Crippen molar-refractivity contribution in [2.24, 2.45) is 26.5 Å². The van der Waals surface area contributed by atoms with Crippen molar-refractivity contribution in [3.8, 4) is 0 Å². The summed E-state index contributed by atoms with van der Waals surface area (Å²) in [5.74, 6) is 4.67. The molecule has 82 valence electrons. The highest BCUT2D eigenvalue weighted by Gasteiger charge is 2.37. The normalized spacial score (nSPS) is 16.3. The molecule has 1 aliphatic rings. The molecule has 7 nitrogen and oxygen atoms in total. The van der Waals surface area contributed by atoms with Gasteiger partial charge in [0.1, 0.15) is 0 Å². The van der Waals surface area contributed by atoms with Crippen LogP contribution in [0.25, 0.3) is 0 Å². The first-order valence-corrected chi connectivity index (χ1v) is 4.66. The number of rotatable bonds is 3. The van der Waals surface area contributed by atoms with E-state index in [1.54, 1.807) is 0 Å². The number of nitrogens with zero attached hydrogens (tertiary/aromatic N) is 4. The summed E-state index contributed by atoms with van der Waals surface area (Å²) in [4.78, 5) is 11.3. The van der Waals surface area contributed by atoms with Gasteiger partial charge in [0.2, 0.25) is 11.6 Å². The second-order valence-corrected chi connectivity index (χ2v) is 3.31. The lowest BCUT2D eigenvalue weighted by molar-refractivity contribution is -0.122. The Labute approximate surface area is 91.4 Å². The molecule has 0 spiro atoms. The minimum absolute atomic E-state index is 0.0134. The molecule has 0 radical (unpaired) electrons. The fraction of sp³-hybridized carbons (Fsp3) is 0.222. The average Bonchev–Trinajstić information content (AvgIpc) is 2.80. The molecule has 0 unspecified atom stereocenters. The monoisotopic (exact) mass is 218 g/mol. The van der Waals surface area contributed by atoms with Gasteiger partial charge in [-0.25, -0.2) is 5.84 Å². The van der Waals surface area contributed by atoms with Gasteiger partial charge in [-0.05, 0) is 10.4 Å². The van der Waals surface area contributed by atoms with E-state index in [0.717, 1.165) is 5.56 Å². The lowest BCUT2D eigenvalue weighted by Gasteiger charge is -2.18. The zero-order valence-corrected chi connectivity index (χ0v) is 8.37. The van der Waals surface area contributed by atoms with Crippen LogP contribution in [-0.2, 0) is 10.5 Å². The molecule has 2 rings (SSSR count). The van der Waals surface area contributed by atoms with E-state index in [9.17, 15) is 4.79 Å². The fourth-order valence-corrected chi connectivity index (χ4v) is 1.48. The molecular weight excluding hydrogens is 208 g/mol. The number of carbonyl (C=O) groups excluding carboxylic acids is 1. The van der Waals surface area contributed by atoms with Crippen LogP contribution in [0.15, 0.2) is 51.0 Å². The van der Waals surface area contributed by atoms with Crippen LogP contribution in [0.3, 0.4) is 0 Å². The molecule has 1 aromatic carbocycles. The maximum absolute atomic E-state index is 11.3. The van der Waals surface area contributed by atoms with Gasteiger partial charge in [0.15, 0.2) is 0 Å². The van der Waals surface area contributed by atoms with Crippen LogP contribution in [0.5, 0.6) is 0 Å².